The minimum absolute atomic E-state index is 0.857. The van der Waals surface area contributed by atoms with Crippen LogP contribution in [0.25, 0.3) is 0 Å². The Bertz CT molecular complexity index is 1260. The lowest BCUT2D eigenvalue weighted by Gasteiger charge is -2.39. The highest BCUT2D eigenvalue weighted by Gasteiger charge is 2.55. The lowest BCUT2D eigenvalue weighted by atomic mass is 9.86. The van der Waals surface area contributed by atoms with Gasteiger partial charge >= 0.3 is 23.9 Å². The predicted octanol–water partition coefficient (Wildman–Crippen LogP) is -11.0. The van der Waals surface area contributed by atoms with Crippen molar-refractivity contribution >= 4 is 23.9 Å². The fourth-order valence-corrected chi connectivity index (χ4v) is 5.92. The standard InChI is InChI=1S/C37H68O28/c1-5-34(58,25(50)21(46)17(42)9-38)29(54)62-13-33(14-63-30(55)35(59,6-2)26(51)22(47)18(43)10-39,15-64-31(56)36(60,7-3)27(52)23(48)19(44)11-40)16-65-32(57)37(61,8-4)28(53)24(49)20(45)12-41/h17-28,38-53,58-61H,5-16H2,1-4H3. The number of ether oxygens (including phenoxy) is 4. The maximum atomic E-state index is 13.6. The van der Waals surface area contributed by atoms with Gasteiger partial charge in [-0.25, -0.2) is 19.2 Å². The first-order valence-corrected chi connectivity index (χ1v) is 20.2. The Hall–Kier alpha value is -2.92. The van der Waals surface area contributed by atoms with Gasteiger partial charge in [-0.1, -0.05) is 27.7 Å². The van der Waals surface area contributed by atoms with Gasteiger partial charge in [0.1, 0.15) is 105 Å². The van der Waals surface area contributed by atoms with E-state index in [4.69, 9.17) is 18.9 Å². The van der Waals surface area contributed by atoms with Gasteiger partial charge in [0.2, 0.25) is 0 Å². The van der Waals surface area contributed by atoms with Crippen molar-refractivity contribution in [2.24, 2.45) is 5.41 Å². The van der Waals surface area contributed by atoms with Crippen molar-refractivity contribution in [3.8, 4) is 0 Å². The minimum atomic E-state index is -3.23. The van der Waals surface area contributed by atoms with Gasteiger partial charge in [-0.05, 0) is 25.7 Å². The summed E-state index contributed by atoms with van der Waals surface area (Å²) in [4.78, 5) is 54.2. The molecule has 28 heteroatoms. The van der Waals surface area contributed by atoms with Gasteiger partial charge in [-0.2, -0.15) is 0 Å². The van der Waals surface area contributed by atoms with Crippen LogP contribution in [-0.2, 0) is 38.1 Å². The van der Waals surface area contributed by atoms with Crippen molar-refractivity contribution in [3.05, 3.63) is 0 Å². The molecule has 0 saturated carbocycles. The summed E-state index contributed by atoms with van der Waals surface area (Å²) in [5.74, 6) is -7.74. The molecule has 20 N–H and O–H groups in total. The molecule has 0 radical (unpaired) electrons. The average molecular weight is 961 g/mol. The van der Waals surface area contributed by atoms with Gasteiger partial charge in [0.25, 0.3) is 0 Å². The SMILES string of the molecule is CCC(O)(C(=O)OCC(COC(=O)C(O)(CC)C(O)C(O)C(O)CO)(COC(=O)C(O)(CC)C(O)C(O)C(O)CO)COC(=O)C(O)(CC)C(O)C(O)C(O)CO)C(O)C(O)C(O)CO. The Labute approximate surface area is 371 Å². The topological polar surface area (TPSA) is 510 Å². The van der Waals surface area contributed by atoms with E-state index >= 15 is 0 Å². The number of esters is 4. The molecule has 0 fully saturated rings. The summed E-state index contributed by atoms with van der Waals surface area (Å²) in [5, 5.41) is 205. The number of aliphatic hydroxyl groups is 20. The first kappa shape index (κ1) is 62.1. The second-order valence-corrected chi connectivity index (χ2v) is 15.7. The van der Waals surface area contributed by atoms with Crippen LogP contribution in [0.4, 0.5) is 0 Å². The first-order chi connectivity index (χ1) is 30.0. The summed E-state index contributed by atoms with van der Waals surface area (Å²) in [7, 11) is 0. The monoisotopic (exact) mass is 960 g/mol. The molecule has 0 heterocycles. The first-order valence-electron chi connectivity index (χ1n) is 20.2. The second kappa shape index (κ2) is 26.6. The predicted molar refractivity (Wildman–Crippen MR) is 208 cm³/mol. The van der Waals surface area contributed by atoms with Gasteiger partial charge < -0.3 is 121 Å². The van der Waals surface area contributed by atoms with Crippen molar-refractivity contribution in [1.29, 1.82) is 0 Å². The fraction of sp³-hybridized carbons (Fsp3) is 0.892. The summed E-state index contributed by atoms with van der Waals surface area (Å²) in [6, 6.07) is 0. The van der Waals surface area contributed by atoms with Crippen LogP contribution in [0.3, 0.4) is 0 Å². The molecule has 0 aromatic rings. The zero-order chi connectivity index (χ0) is 51.1. The molecule has 16 unspecified atom stereocenters. The molecule has 0 aliphatic carbocycles. The maximum Gasteiger partial charge on any atom is 0.341 e. The zero-order valence-electron chi connectivity index (χ0n) is 36.1. The number of carbonyl (C=O) groups is 4. The van der Waals surface area contributed by atoms with Crippen LogP contribution in [0.2, 0.25) is 0 Å². The highest BCUT2D eigenvalue weighted by molar-refractivity contribution is 5.82. The Morgan fingerprint density at radius 1 is 0.354 bits per heavy atom. The molecule has 65 heavy (non-hydrogen) atoms. The molecule has 0 rings (SSSR count). The number of rotatable bonds is 32. The highest BCUT2D eigenvalue weighted by atomic mass is 16.6. The molecule has 0 saturated heterocycles. The van der Waals surface area contributed by atoms with E-state index < -0.39 is 203 Å². The average Bonchev–Trinajstić information content (AvgIpc) is 3.33. The summed E-state index contributed by atoms with van der Waals surface area (Å²) in [6.07, 6.45) is -32.6. The van der Waals surface area contributed by atoms with Crippen molar-refractivity contribution in [2.45, 2.75) is 149 Å². The highest BCUT2D eigenvalue weighted by Crippen LogP contribution is 2.31. The van der Waals surface area contributed by atoms with Gasteiger partial charge in [0.05, 0.1) is 26.4 Å². The third kappa shape index (κ3) is 14.5. The van der Waals surface area contributed by atoms with Crippen molar-refractivity contribution in [1.82, 2.24) is 0 Å². The van der Waals surface area contributed by atoms with E-state index in [0.29, 0.717) is 0 Å². The zero-order valence-corrected chi connectivity index (χ0v) is 36.1. The number of hydrogen-bond donors (Lipinski definition) is 20. The Balaban J connectivity index is 7.83. The van der Waals surface area contributed by atoms with Gasteiger partial charge in [0.15, 0.2) is 22.4 Å². The molecule has 0 amide bonds. The third-order valence-corrected chi connectivity index (χ3v) is 11.2. The maximum absolute atomic E-state index is 13.6. The van der Waals surface area contributed by atoms with Crippen molar-refractivity contribution in [3.63, 3.8) is 0 Å². The normalized spacial score (nSPS) is 22.4. The van der Waals surface area contributed by atoms with Gasteiger partial charge in [-0.15, -0.1) is 0 Å². The summed E-state index contributed by atoms with van der Waals surface area (Å²) >= 11 is 0. The molecule has 16 atom stereocenters. The van der Waals surface area contributed by atoms with Crippen LogP contribution < -0.4 is 0 Å². The molecule has 0 aromatic heterocycles. The number of hydrogen-bond acceptors (Lipinski definition) is 28. The Morgan fingerprint density at radius 3 is 0.631 bits per heavy atom. The lowest BCUT2D eigenvalue weighted by molar-refractivity contribution is -0.217. The van der Waals surface area contributed by atoms with E-state index in [9.17, 15) is 121 Å². The summed E-state index contributed by atoms with van der Waals surface area (Å²) < 4.78 is 20.6. The van der Waals surface area contributed by atoms with Crippen molar-refractivity contribution < 1.29 is 140 Å². The van der Waals surface area contributed by atoms with E-state index in [1.54, 1.807) is 0 Å². The van der Waals surface area contributed by atoms with E-state index in [-0.39, 0.29) is 0 Å². The Morgan fingerprint density at radius 2 is 0.508 bits per heavy atom. The van der Waals surface area contributed by atoms with Crippen LogP contribution in [0.1, 0.15) is 53.4 Å². The molecule has 0 spiro atoms. The third-order valence-electron chi connectivity index (χ3n) is 11.2. The van der Waals surface area contributed by atoms with E-state index in [1.807, 2.05) is 0 Å². The number of carbonyl (C=O) groups excluding carboxylic acids is 4. The molecular formula is C37H68O28. The van der Waals surface area contributed by atoms with E-state index in [1.165, 1.54) is 0 Å². The molecule has 0 aliphatic rings. The summed E-state index contributed by atoms with van der Waals surface area (Å²) in [6.45, 7) is -6.84. The van der Waals surface area contributed by atoms with Gasteiger partial charge in [-0.3, -0.25) is 0 Å². The molecule has 28 nitrogen and oxygen atoms in total. The smallest absolute Gasteiger partial charge is 0.341 e. The summed E-state index contributed by atoms with van der Waals surface area (Å²) in [5.41, 5.74) is -15.7. The van der Waals surface area contributed by atoms with Crippen LogP contribution in [-0.4, -0.2) is 275 Å². The van der Waals surface area contributed by atoms with Gasteiger partial charge in [0, 0.05) is 0 Å². The van der Waals surface area contributed by atoms with Crippen LogP contribution in [0.15, 0.2) is 0 Å². The van der Waals surface area contributed by atoms with E-state index in [2.05, 4.69) is 0 Å². The lowest BCUT2D eigenvalue weighted by Crippen LogP contribution is -2.61. The van der Waals surface area contributed by atoms with E-state index in [0.717, 1.165) is 27.7 Å². The molecule has 0 aliphatic heterocycles. The minimum Gasteiger partial charge on any atom is -0.462 e. The molecule has 0 aromatic carbocycles. The van der Waals surface area contributed by atoms with Crippen LogP contribution >= 0.6 is 0 Å². The molecular weight excluding hydrogens is 892 g/mol. The van der Waals surface area contributed by atoms with Crippen LogP contribution in [0, 0.1) is 5.41 Å². The largest absolute Gasteiger partial charge is 0.462 e. The molecule has 0 bridgehead atoms. The number of aliphatic hydroxyl groups excluding tert-OH is 16. The van der Waals surface area contributed by atoms with Crippen molar-refractivity contribution in [2.75, 3.05) is 52.9 Å². The molecule has 384 valence electrons. The quantitative estimate of drug-likeness (QED) is 0.0220. The Kier molecular flexibility index (Phi) is 25.4. The second-order valence-electron chi connectivity index (χ2n) is 15.7. The van der Waals surface area contributed by atoms with Crippen LogP contribution in [0.5, 0.6) is 0 Å². The fourth-order valence-electron chi connectivity index (χ4n) is 5.92.